The molecule has 0 unspecified atom stereocenters. The van der Waals surface area contributed by atoms with E-state index in [1.165, 1.54) is 0 Å². The first kappa shape index (κ1) is 19.5. The summed E-state index contributed by atoms with van der Waals surface area (Å²) < 4.78 is 4.92. The van der Waals surface area contributed by atoms with Crippen LogP contribution >= 0.6 is 35.0 Å². The third-order valence-corrected chi connectivity index (χ3v) is 4.51. The summed E-state index contributed by atoms with van der Waals surface area (Å²) in [6.45, 7) is 3.28. The fourth-order valence-corrected chi connectivity index (χ4v) is 2.95. The van der Waals surface area contributed by atoms with Gasteiger partial charge in [0.1, 0.15) is 0 Å². The molecule has 0 aliphatic carbocycles. The molecule has 1 N–H and O–H groups in total. The van der Waals surface area contributed by atoms with E-state index in [0.29, 0.717) is 15.9 Å². The molecule has 0 saturated carbocycles. The molecule has 0 radical (unpaired) electrons. The Bertz CT molecular complexity index is 782. The molecule has 2 rings (SSSR count). The lowest BCUT2D eigenvalue weighted by Crippen LogP contribution is -2.21. The Labute approximate surface area is 159 Å². The molecular weight excluding hydrogens is 385 g/mol. The molecule has 0 fully saturated rings. The van der Waals surface area contributed by atoms with Crippen molar-refractivity contribution in [1.82, 2.24) is 9.97 Å². The minimum absolute atomic E-state index is 0.00803. The third kappa shape index (κ3) is 6.19. The number of hydrogen-bond acceptors (Lipinski definition) is 6. The fourth-order valence-electron chi connectivity index (χ4n) is 1.86. The molecule has 132 valence electrons. The Kier molecular flexibility index (Phi) is 7.04. The van der Waals surface area contributed by atoms with Crippen molar-refractivity contribution in [1.29, 1.82) is 0 Å². The fraction of sp³-hybridized carbons (Fsp3) is 0.250. The maximum Gasteiger partial charge on any atom is 0.316 e. The van der Waals surface area contributed by atoms with Crippen LogP contribution in [0.5, 0.6) is 0 Å². The SMILES string of the molecule is Cc1cc(C)nc(SCC(=O)OCC(=O)Nc2cccc(Cl)c2Cl)n1. The third-order valence-electron chi connectivity index (χ3n) is 2.87. The molecule has 0 aliphatic heterocycles. The zero-order chi connectivity index (χ0) is 18.4. The maximum atomic E-state index is 11.8. The lowest BCUT2D eigenvalue weighted by molar-refractivity contribution is -0.144. The number of rotatable bonds is 6. The van der Waals surface area contributed by atoms with Gasteiger partial charge in [-0.25, -0.2) is 9.97 Å². The van der Waals surface area contributed by atoms with Crippen molar-refractivity contribution in [3.63, 3.8) is 0 Å². The molecule has 0 bridgehead atoms. The number of nitrogens with zero attached hydrogens (tertiary/aromatic N) is 2. The van der Waals surface area contributed by atoms with E-state index in [1.54, 1.807) is 18.2 Å². The normalized spacial score (nSPS) is 10.4. The predicted octanol–water partition coefficient (Wildman–Crippen LogP) is 3.67. The van der Waals surface area contributed by atoms with Gasteiger partial charge in [-0.1, -0.05) is 41.0 Å². The summed E-state index contributed by atoms with van der Waals surface area (Å²) in [5.41, 5.74) is 2.00. The van der Waals surface area contributed by atoms with Crippen molar-refractivity contribution in [2.75, 3.05) is 17.7 Å². The molecule has 2 aromatic rings. The summed E-state index contributed by atoms with van der Waals surface area (Å²) in [7, 11) is 0. The van der Waals surface area contributed by atoms with Crippen LogP contribution in [-0.4, -0.2) is 34.2 Å². The Hall–Kier alpha value is -1.83. The number of thioether (sulfide) groups is 1. The van der Waals surface area contributed by atoms with E-state index in [0.717, 1.165) is 23.1 Å². The van der Waals surface area contributed by atoms with Crippen molar-refractivity contribution < 1.29 is 14.3 Å². The van der Waals surface area contributed by atoms with Crippen LogP contribution in [0.15, 0.2) is 29.4 Å². The average molecular weight is 400 g/mol. The number of hydrogen-bond donors (Lipinski definition) is 1. The number of aromatic nitrogens is 2. The minimum Gasteiger partial charge on any atom is -0.455 e. The molecule has 25 heavy (non-hydrogen) atoms. The first-order valence-electron chi connectivity index (χ1n) is 7.19. The zero-order valence-electron chi connectivity index (χ0n) is 13.5. The monoisotopic (exact) mass is 399 g/mol. The second kappa shape index (κ2) is 9.03. The number of nitrogens with one attached hydrogen (secondary N) is 1. The predicted molar refractivity (Wildman–Crippen MR) is 98.3 cm³/mol. The summed E-state index contributed by atoms with van der Waals surface area (Å²) in [6.07, 6.45) is 0. The second-order valence-corrected chi connectivity index (χ2v) is 6.76. The number of carbonyl (C=O) groups excluding carboxylic acids is 2. The van der Waals surface area contributed by atoms with Gasteiger partial charge in [-0.05, 0) is 32.0 Å². The molecule has 0 saturated heterocycles. The van der Waals surface area contributed by atoms with Gasteiger partial charge in [0.05, 0.1) is 21.5 Å². The molecular formula is C16H15Cl2N3O3S. The summed E-state index contributed by atoms with van der Waals surface area (Å²) >= 11 is 13.0. The van der Waals surface area contributed by atoms with Crippen molar-refractivity contribution in [3.8, 4) is 0 Å². The highest BCUT2D eigenvalue weighted by atomic mass is 35.5. The van der Waals surface area contributed by atoms with Crippen molar-refractivity contribution in [2.24, 2.45) is 0 Å². The van der Waals surface area contributed by atoms with Gasteiger partial charge >= 0.3 is 5.97 Å². The van der Waals surface area contributed by atoms with E-state index in [4.69, 9.17) is 27.9 Å². The molecule has 1 amide bonds. The maximum absolute atomic E-state index is 11.8. The molecule has 0 atom stereocenters. The van der Waals surface area contributed by atoms with Crippen LogP contribution in [0.1, 0.15) is 11.4 Å². The number of benzene rings is 1. The van der Waals surface area contributed by atoms with Gasteiger partial charge in [0, 0.05) is 11.4 Å². The molecule has 9 heteroatoms. The number of aryl methyl sites for hydroxylation is 2. The van der Waals surface area contributed by atoms with E-state index in [9.17, 15) is 9.59 Å². The Balaban J connectivity index is 1.79. The quantitative estimate of drug-likeness (QED) is 0.453. The zero-order valence-corrected chi connectivity index (χ0v) is 15.8. The van der Waals surface area contributed by atoms with Crippen LogP contribution in [0.25, 0.3) is 0 Å². The molecule has 0 aliphatic rings. The first-order chi connectivity index (χ1) is 11.8. The highest BCUT2D eigenvalue weighted by Crippen LogP contribution is 2.29. The van der Waals surface area contributed by atoms with Crippen LogP contribution in [0, 0.1) is 13.8 Å². The first-order valence-corrected chi connectivity index (χ1v) is 8.94. The van der Waals surface area contributed by atoms with Crippen LogP contribution < -0.4 is 5.32 Å². The average Bonchev–Trinajstić information content (AvgIpc) is 2.54. The van der Waals surface area contributed by atoms with E-state index < -0.39 is 18.5 Å². The largest absolute Gasteiger partial charge is 0.455 e. The van der Waals surface area contributed by atoms with Crippen molar-refractivity contribution in [2.45, 2.75) is 19.0 Å². The van der Waals surface area contributed by atoms with Gasteiger partial charge in [-0.15, -0.1) is 0 Å². The van der Waals surface area contributed by atoms with Gasteiger partial charge in [0.15, 0.2) is 11.8 Å². The van der Waals surface area contributed by atoms with Gasteiger partial charge in [0.2, 0.25) is 0 Å². The van der Waals surface area contributed by atoms with Crippen LogP contribution in [0.2, 0.25) is 10.0 Å². The number of anilines is 1. The van der Waals surface area contributed by atoms with Gasteiger partial charge < -0.3 is 10.1 Å². The van der Waals surface area contributed by atoms with E-state index in [1.807, 2.05) is 19.9 Å². The van der Waals surface area contributed by atoms with Crippen LogP contribution in [0.3, 0.4) is 0 Å². The van der Waals surface area contributed by atoms with Gasteiger partial charge in [-0.3, -0.25) is 9.59 Å². The lowest BCUT2D eigenvalue weighted by Gasteiger charge is -2.08. The molecule has 0 spiro atoms. The number of amides is 1. The lowest BCUT2D eigenvalue weighted by atomic mass is 10.3. The molecule has 6 nitrogen and oxygen atoms in total. The summed E-state index contributed by atoms with van der Waals surface area (Å²) in [5, 5.41) is 3.57. The van der Waals surface area contributed by atoms with Crippen molar-refractivity contribution >= 4 is 52.5 Å². The van der Waals surface area contributed by atoms with Gasteiger partial charge in [-0.2, -0.15) is 0 Å². The highest BCUT2D eigenvalue weighted by molar-refractivity contribution is 7.99. The summed E-state index contributed by atoms with van der Waals surface area (Å²) in [6, 6.07) is 6.69. The smallest absolute Gasteiger partial charge is 0.316 e. The number of halogens is 2. The molecule has 1 aromatic carbocycles. The topological polar surface area (TPSA) is 81.2 Å². The Morgan fingerprint density at radius 1 is 1.20 bits per heavy atom. The second-order valence-electron chi connectivity index (χ2n) is 5.03. The van der Waals surface area contributed by atoms with Crippen molar-refractivity contribution in [3.05, 3.63) is 45.7 Å². The van der Waals surface area contributed by atoms with Crippen LogP contribution in [0.4, 0.5) is 5.69 Å². The van der Waals surface area contributed by atoms with E-state index in [-0.39, 0.29) is 10.8 Å². The Morgan fingerprint density at radius 3 is 2.56 bits per heavy atom. The standard InChI is InChI=1S/C16H15Cl2N3O3S/c1-9-6-10(2)20-16(19-9)25-8-14(23)24-7-13(22)21-12-5-3-4-11(17)15(12)18/h3-6H,7-8H2,1-2H3,(H,21,22). The molecule has 1 aromatic heterocycles. The molecule has 1 heterocycles. The number of ether oxygens (including phenoxy) is 1. The highest BCUT2D eigenvalue weighted by Gasteiger charge is 2.12. The number of esters is 1. The minimum atomic E-state index is -0.542. The van der Waals surface area contributed by atoms with Gasteiger partial charge in [0.25, 0.3) is 5.91 Å². The van der Waals surface area contributed by atoms with E-state index in [2.05, 4.69) is 15.3 Å². The summed E-state index contributed by atoms with van der Waals surface area (Å²) in [5.74, 6) is -1.04. The Morgan fingerprint density at radius 2 is 1.88 bits per heavy atom. The van der Waals surface area contributed by atoms with Crippen LogP contribution in [-0.2, 0) is 14.3 Å². The number of carbonyl (C=O) groups is 2. The summed E-state index contributed by atoms with van der Waals surface area (Å²) in [4.78, 5) is 32.0. The van der Waals surface area contributed by atoms with E-state index >= 15 is 0 Å².